The van der Waals surface area contributed by atoms with Gasteiger partial charge < -0.3 is 29.5 Å². The summed E-state index contributed by atoms with van der Waals surface area (Å²) < 4.78 is 16.8. The number of fused-ring (bicyclic) bond motifs is 1. The number of aliphatic hydroxyl groups is 3. The maximum Gasteiger partial charge on any atom is 0.184 e. The van der Waals surface area contributed by atoms with Crippen LogP contribution in [-0.4, -0.2) is 59.1 Å². The quantitative estimate of drug-likeness (QED) is 0.683. The molecule has 0 bridgehead atoms. The van der Waals surface area contributed by atoms with Crippen LogP contribution in [0.5, 0.6) is 0 Å². The highest BCUT2D eigenvalue weighted by atomic mass is 16.7. The van der Waals surface area contributed by atoms with Crippen molar-refractivity contribution < 1.29 is 29.5 Å². The average Bonchev–Trinajstić information content (AvgIpc) is 2.51. The Kier molecular flexibility index (Phi) is 4.02. The molecule has 6 heteroatoms. The van der Waals surface area contributed by atoms with Gasteiger partial charge in [-0.2, -0.15) is 0 Å². The van der Waals surface area contributed by atoms with E-state index in [1.807, 2.05) is 30.3 Å². The molecule has 110 valence electrons. The predicted molar refractivity (Wildman–Crippen MR) is 67.8 cm³/mol. The molecule has 1 unspecified atom stereocenters. The molecule has 20 heavy (non-hydrogen) atoms. The van der Waals surface area contributed by atoms with E-state index in [-0.39, 0.29) is 13.2 Å². The van der Waals surface area contributed by atoms with E-state index >= 15 is 0 Å². The fourth-order valence-corrected chi connectivity index (χ4v) is 2.62. The first kappa shape index (κ1) is 13.9. The molecule has 0 radical (unpaired) electrons. The molecule has 1 aromatic carbocycles. The smallest absolute Gasteiger partial charge is 0.184 e. The first-order chi connectivity index (χ1) is 9.70. The minimum atomic E-state index is -1.17. The maximum absolute atomic E-state index is 10.1. The Morgan fingerprint density at radius 1 is 1.05 bits per heavy atom. The summed E-state index contributed by atoms with van der Waals surface area (Å²) in [6, 6.07) is 9.38. The molecule has 2 heterocycles. The van der Waals surface area contributed by atoms with Gasteiger partial charge in [-0.15, -0.1) is 0 Å². The zero-order chi connectivity index (χ0) is 14.1. The van der Waals surface area contributed by atoms with Crippen LogP contribution in [0.3, 0.4) is 0 Å². The first-order valence-electron chi connectivity index (χ1n) is 6.65. The highest BCUT2D eigenvalue weighted by Gasteiger charge is 2.48. The minimum Gasteiger partial charge on any atom is -0.394 e. The van der Waals surface area contributed by atoms with Crippen LogP contribution in [0.1, 0.15) is 11.9 Å². The summed E-state index contributed by atoms with van der Waals surface area (Å²) in [5.74, 6) is 0. The summed E-state index contributed by atoms with van der Waals surface area (Å²) in [7, 11) is 0. The lowest BCUT2D eigenvalue weighted by molar-refractivity contribution is -0.330. The van der Waals surface area contributed by atoms with E-state index in [1.165, 1.54) is 0 Å². The van der Waals surface area contributed by atoms with Gasteiger partial charge in [0.05, 0.1) is 13.2 Å². The SMILES string of the molecule is OC[C@H]1O[C@H]2COC(c3ccccc3)O[C@H]2[C@@H](O)[C@H]1O. The summed E-state index contributed by atoms with van der Waals surface area (Å²) in [5.41, 5.74) is 0.844. The van der Waals surface area contributed by atoms with Crippen LogP contribution >= 0.6 is 0 Å². The Morgan fingerprint density at radius 2 is 1.80 bits per heavy atom. The third-order valence-electron chi connectivity index (χ3n) is 3.73. The summed E-state index contributed by atoms with van der Waals surface area (Å²) >= 11 is 0. The Labute approximate surface area is 116 Å². The van der Waals surface area contributed by atoms with Gasteiger partial charge in [-0.05, 0) is 0 Å². The van der Waals surface area contributed by atoms with Gasteiger partial charge in [0.1, 0.15) is 30.5 Å². The molecule has 1 aromatic rings. The van der Waals surface area contributed by atoms with E-state index in [0.717, 1.165) is 5.56 Å². The average molecular weight is 282 g/mol. The van der Waals surface area contributed by atoms with Crippen molar-refractivity contribution in [3.8, 4) is 0 Å². The lowest BCUT2D eigenvalue weighted by atomic mass is 9.94. The summed E-state index contributed by atoms with van der Waals surface area (Å²) in [6.07, 6.45) is -4.85. The maximum atomic E-state index is 10.1. The molecule has 0 amide bonds. The molecule has 0 aliphatic carbocycles. The molecule has 2 saturated heterocycles. The van der Waals surface area contributed by atoms with Crippen LogP contribution in [0.4, 0.5) is 0 Å². The molecule has 0 spiro atoms. The normalized spacial score (nSPS) is 41.1. The van der Waals surface area contributed by atoms with Gasteiger partial charge in [-0.25, -0.2) is 0 Å². The lowest BCUT2D eigenvalue weighted by Gasteiger charge is -2.46. The van der Waals surface area contributed by atoms with Crippen LogP contribution in [0.2, 0.25) is 0 Å². The van der Waals surface area contributed by atoms with Crippen molar-refractivity contribution in [1.29, 1.82) is 0 Å². The molecule has 2 aliphatic heterocycles. The van der Waals surface area contributed by atoms with Crippen LogP contribution < -0.4 is 0 Å². The summed E-state index contributed by atoms with van der Waals surface area (Å²) in [6.45, 7) is -0.117. The molecule has 3 N–H and O–H groups in total. The fraction of sp³-hybridized carbons (Fsp3) is 0.571. The number of rotatable bonds is 2. The molecule has 2 aliphatic rings. The van der Waals surface area contributed by atoms with Crippen molar-refractivity contribution in [2.24, 2.45) is 0 Å². The van der Waals surface area contributed by atoms with Gasteiger partial charge in [-0.1, -0.05) is 30.3 Å². The number of benzene rings is 1. The van der Waals surface area contributed by atoms with Crippen molar-refractivity contribution in [3.63, 3.8) is 0 Å². The van der Waals surface area contributed by atoms with Gasteiger partial charge in [0.2, 0.25) is 0 Å². The Hall–Kier alpha value is -1.02. The molecule has 6 atom stereocenters. The highest BCUT2D eigenvalue weighted by Crippen LogP contribution is 2.33. The van der Waals surface area contributed by atoms with Crippen molar-refractivity contribution in [2.45, 2.75) is 36.8 Å². The van der Waals surface area contributed by atoms with Crippen LogP contribution in [0, 0.1) is 0 Å². The van der Waals surface area contributed by atoms with Crippen molar-refractivity contribution in [3.05, 3.63) is 35.9 Å². The third kappa shape index (κ3) is 2.46. The Balaban J connectivity index is 1.74. The van der Waals surface area contributed by atoms with Gasteiger partial charge in [-0.3, -0.25) is 0 Å². The second kappa shape index (κ2) is 5.77. The van der Waals surface area contributed by atoms with Gasteiger partial charge in [0.15, 0.2) is 6.29 Å². The van der Waals surface area contributed by atoms with E-state index in [1.54, 1.807) is 0 Å². The molecule has 3 rings (SSSR count). The molecule has 0 aromatic heterocycles. The fourth-order valence-electron chi connectivity index (χ4n) is 2.62. The van der Waals surface area contributed by atoms with Crippen LogP contribution in [0.25, 0.3) is 0 Å². The molecular formula is C14H18O6. The Bertz CT molecular complexity index is 437. The van der Waals surface area contributed by atoms with E-state index in [9.17, 15) is 10.2 Å². The molecule has 2 fully saturated rings. The summed E-state index contributed by atoms with van der Waals surface area (Å²) in [5, 5.41) is 29.1. The molecule has 0 saturated carbocycles. The second-order valence-electron chi connectivity index (χ2n) is 5.05. The van der Waals surface area contributed by atoms with Crippen molar-refractivity contribution in [2.75, 3.05) is 13.2 Å². The van der Waals surface area contributed by atoms with Crippen molar-refractivity contribution >= 4 is 0 Å². The molecular weight excluding hydrogens is 264 g/mol. The highest BCUT2D eigenvalue weighted by molar-refractivity contribution is 5.16. The zero-order valence-electron chi connectivity index (χ0n) is 10.8. The van der Waals surface area contributed by atoms with Gasteiger partial charge in [0, 0.05) is 5.56 Å². The summed E-state index contributed by atoms with van der Waals surface area (Å²) in [4.78, 5) is 0. The van der Waals surface area contributed by atoms with E-state index in [4.69, 9.17) is 19.3 Å². The third-order valence-corrected chi connectivity index (χ3v) is 3.73. The Morgan fingerprint density at radius 3 is 2.50 bits per heavy atom. The lowest BCUT2D eigenvalue weighted by Crippen LogP contribution is -2.62. The number of hydrogen-bond donors (Lipinski definition) is 3. The molecule has 6 nitrogen and oxygen atoms in total. The number of aliphatic hydroxyl groups excluding tert-OH is 3. The van der Waals surface area contributed by atoms with E-state index < -0.39 is 36.8 Å². The van der Waals surface area contributed by atoms with Crippen LogP contribution in [-0.2, 0) is 14.2 Å². The zero-order valence-corrected chi connectivity index (χ0v) is 10.8. The van der Waals surface area contributed by atoms with E-state index in [2.05, 4.69) is 0 Å². The standard InChI is InChI=1S/C14H18O6/c15-6-9-11(16)12(17)13-10(19-9)7-18-14(20-13)8-4-2-1-3-5-8/h1-5,9-17H,6-7H2/t9-,10+,11+,12+,13-,14?/m1/s1. The predicted octanol–water partition coefficient (Wildman–Crippen LogP) is -0.418. The monoisotopic (exact) mass is 282 g/mol. The van der Waals surface area contributed by atoms with Gasteiger partial charge in [0.25, 0.3) is 0 Å². The first-order valence-corrected chi connectivity index (χ1v) is 6.65. The van der Waals surface area contributed by atoms with Crippen LogP contribution in [0.15, 0.2) is 30.3 Å². The number of hydrogen-bond acceptors (Lipinski definition) is 6. The van der Waals surface area contributed by atoms with Crippen molar-refractivity contribution in [1.82, 2.24) is 0 Å². The largest absolute Gasteiger partial charge is 0.394 e. The topological polar surface area (TPSA) is 88.4 Å². The van der Waals surface area contributed by atoms with E-state index in [0.29, 0.717) is 0 Å². The number of ether oxygens (including phenoxy) is 3. The second-order valence-corrected chi connectivity index (χ2v) is 5.05. The minimum absolute atomic E-state index is 0.241. The van der Waals surface area contributed by atoms with Gasteiger partial charge >= 0.3 is 0 Å².